The van der Waals surface area contributed by atoms with Gasteiger partial charge >= 0.3 is 6.18 Å². The van der Waals surface area contributed by atoms with Crippen molar-refractivity contribution < 1.29 is 30.8 Å². The molecule has 0 radical (unpaired) electrons. The summed E-state index contributed by atoms with van der Waals surface area (Å²) in [5, 5.41) is 6.13. The zero-order valence-corrected chi connectivity index (χ0v) is 24.5. The summed E-state index contributed by atoms with van der Waals surface area (Å²) in [7, 11) is -4.03. The van der Waals surface area contributed by atoms with E-state index >= 15 is 0 Å². The molecule has 7 nitrogen and oxygen atoms in total. The first-order chi connectivity index (χ1) is 20.9. The van der Waals surface area contributed by atoms with Gasteiger partial charge in [-0.3, -0.25) is 4.79 Å². The summed E-state index contributed by atoms with van der Waals surface area (Å²) in [6.07, 6.45) is -3.67. The second kappa shape index (κ2) is 12.7. The SMILES string of the molecule is CC(Nc1cc(CNC(=O)C2CCCN2S(=O)(=O)c2ccc(F)cc2)cc(-c2ccc(C(F)(F)F)cc2)n1)c1ccccc1. The Balaban J connectivity index is 1.38. The van der Waals surface area contributed by atoms with Gasteiger partial charge in [-0.2, -0.15) is 17.5 Å². The van der Waals surface area contributed by atoms with Crippen LogP contribution in [0.15, 0.2) is 95.9 Å². The van der Waals surface area contributed by atoms with Gasteiger partial charge in [0.2, 0.25) is 15.9 Å². The highest BCUT2D eigenvalue weighted by atomic mass is 32.2. The molecule has 1 aliphatic rings. The second-order valence-electron chi connectivity index (χ2n) is 10.5. The van der Waals surface area contributed by atoms with Crippen LogP contribution >= 0.6 is 0 Å². The number of hydrogen-bond donors (Lipinski definition) is 2. The number of carbonyl (C=O) groups is 1. The molecule has 1 amide bonds. The standard InChI is InChI=1S/C32H30F4N4O3S/c1-21(23-6-3-2-4-7-23)38-30-19-22(18-28(39-30)24-9-11-25(12-10-24)32(34,35)36)20-37-31(41)29-8-5-17-40(29)44(42,43)27-15-13-26(33)14-16-27/h2-4,6-7,9-16,18-19,21,29H,5,8,17,20H2,1H3,(H,37,41)(H,38,39). The number of anilines is 1. The van der Waals surface area contributed by atoms with E-state index in [1.807, 2.05) is 37.3 Å². The lowest BCUT2D eigenvalue weighted by atomic mass is 10.1. The third-order valence-electron chi connectivity index (χ3n) is 7.45. The van der Waals surface area contributed by atoms with Crippen LogP contribution in [-0.2, 0) is 27.5 Å². The lowest BCUT2D eigenvalue weighted by Crippen LogP contribution is -2.45. The quantitative estimate of drug-likeness (QED) is 0.206. The van der Waals surface area contributed by atoms with Crippen molar-refractivity contribution in [3.63, 3.8) is 0 Å². The number of rotatable bonds is 9. The normalized spacial score (nSPS) is 16.4. The Morgan fingerprint density at radius 3 is 2.34 bits per heavy atom. The molecule has 12 heteroatoms. The number of nitrogens with zero attached hydrogens (tertiary/aromatic N) is 2. The Morgan fingerprint density at radius 2 is 1.68 bits per heavy atom. The average molecular weight is 627 g/mol. The summed E-state index contributed by atoms with van der Waals surface area (Å²) in [6.45, 7) is 2.11. The molecule has 3 aromatic carbocycles. The molecule has 2 N–H and O–H groups in total. The van der Waals surface area contributed by atoms with Gasteiger partial charge in [0.25, 0.3) is 0 Å². The molecule has 5 rings (SSSR count). The van der Waals surface area contributed by atoms with E-state index in [0.717, 1.165) is 34.1 Å². The highest BCUT2D eigenvalue weighted by molar-refractivity contribution is 7.89. The fourth-order valence-corrected chi connectivity index (χ4v) is 6.78. The van der Waals surface area contributed by atoms with Crippen molar-refractivity contribution in [2.45, 2.75) is 49.5 Å². The number of sulfonamides is 1. The van der Waals surface area contributed by atoms with Crippen molar-refractivity contribution in [1.29, 1.82) is 0 Å². The minimum absolute atomic E-state index is 0.0182. The summed E-state index contributed by atoms with van der Waals surface area (Å²) in [4.78, 5) is 17.8. The van der Waals surface area contributed by atoms with Crippen molar-refractivity contribution in [2.75, 3.05) is 11.9 Å². The van der Waals surface area contributed by atoms with Crippen LogP contribution in [0.2, 0.25) is 0 Å². The van der Waals surface area contributed by atoms with Crippen molar-refractivity contribution >= 4 is 21.7 Å². The van der Waals surface area contributed by atoms with Crippen LogP contribution in [0.25, 0.3) is 11.3 Å². The van der Waals surface area contributed by atoms with E-state index in [1.54, 1.807) is 12.1 Å². The van der Waals surface area contributed by atoms with Crippen LogP contribution in [-0.4, -0.2) is 36.2 Å². The number of hydrogen-bond acceptors (Lipinski definition) is 5. The Bertz CT molecular complexity index is 1720. The first-order valence-electron chi connectivity index (χ1n) is 14.0. The summed E-state index contributed by atoms with van der Waals surface area (Å²) in [5.41, 5.74) is 1.67. The second-order valence-corrected chi connectivity index (χ2v) is 12.4. The first kappa shape index (κ1) is 31.1. The third-order valence-corrected chi connectivity index (χ3v) is 9.37. The number of aromatic nitrogens is 1. The zero-order chi connectivity index (χ0) is 31.5. The van der Waals surface area contributed by atoms with Gasteiger partial charge < -0.3 is 10.6 Å². The van der Waals surface area contributed by atoms with E-state index in [2.05, 4.69) is 15.6 Å². The summed E-state index contributed by atoms with van der Waals surface area (Å²) in [6, 6.07) is 21.0. The summed E-state index contributed by atoms with van der Waals surface area (Å²) >= 11 is 0. The fourth-order valence-electron chi connectivity index (χ4n) is 5.13. The van der Waals surface area contributed by atoms with Crippen molar-refractivity contribution in [3.05, 3.63) is 114 Å². The van der Waals surface area contributed by atoms with Gasteiger partial charge in [0.15, 0.2) is 0 Å². The molecule has 2 heterocycles. The van der Waals surface area contributed by atoms with Crippen LogP contribution in [0.1, 0.15) is 42.5 Å². The molecule has 2 unspecified atom stereocenters. The topological polar surface area (TPSA) is 91.4 Å². The van der Waals surface area contributed by atoms with Gasteiger partial charge in [-0.15, -0.1) is 0 Å². The van der Waals surface area contributed by atoms with Gasteiger partial charge in [-0.1, -0.05) is 42.5 Å². The number of pyridine rings is 1. The predicted molar refractivity (Wildman–Crippen MR) is 158 cm³/mol. The Kier molecular flexibility index (Phi) is 9.02. The molecule has 0 spiro atoms. The van der Waals surface area contributed by atoms with Gasteiger partial charge in [-0.05, 0) is 79.4 Å². The number of carbonyl (C=O) groups excluding carboxylic acids is 1. The van der Waals surface area contributed by atoms with E-state index in [0.29, 0.717) is 35.5 Å². The fraction of sp³-hybridized carbons (Fsp3) is 0.250. The number of halogens is 4. The molecule has 1 aliphatic heterocycles. The van der Waals surface area contributed by atoms with Gasteiger partial charge in [0.1, 0.15) is 17.7 Å². The van der Waals surface area contributed by atoms with Crippen molar-refractivity contribution in [2.24, 2.45) is 0 Å². The van der Waals surface area contributed by atoms with Crippen LogP contribution in [0.3, 0.4) is 0 Å². The lowest BCUT2D eigenvalue weighted by Gasteiger charge is -2.23. The highest BCUT2D eigenvalue weighted by Gasteiger charge is 2.39. The van der Waals surface area contributed by atoms with Crippen LogP contribution in [0, 0.1) is 5.82 Å². The zero-order valence-electron chi connectivity index (χ0n) is 23.7. The maximum atomic E-state index is 13.4. The average Bonchev–Trinajstić information content (AvgIpc) is 3.52. The molecule has 2 atom stereocenters. The Morgan fingerprint density at radius 1 is 1.00 bits per heavy atom. The van der Waals surface area contributed by atoms with E-state index in [1.165, 1.54) is 24.3 Å². The molecule has 44 heavy (non-hydrogen) atoms. The number of alkyl halides is 3. The van der Waals surface area contributed by atoms with E-state index < -0.39 is 39.5 Å². The molecule has 1 saturated heterocycles. The Labute approximate surface area is 253 Å². The molecular formula is C32H30F4N4O3S. The van der Waals surface area contributed by atoms with Crippen molar-refractivity contribution in [3.8, 4) is 11.3 Å². The molecule has 1 fully saturated rings. The van der Waals surface area contributed by atoms with Crippen LogP contribution in [0.4, 0.5) is 23.4 Å². The highest BCUT2D eigenvalue weighted by Crippen LogP contribution is 2.32. The molecule has 0 aliphatic carbocycles. The maximum Gasteiger partial charge on any atom is 0.416 e. The number of nitrogens with one attached hydrogen (secondary N) is 2. The monoisotopic (exact) mass is 626 g/mol. The molecule has 230 valence electrons. The van der Waals surface area contributed by atoms with Crippen LogP contribution < -0.4 is 10.6 Å². The predicted octanol–water partition coefficient (Wildman–Crippen LogP) is 6.55. The Hall–Kier alpha value is -4.29. The minimum atomic E-state index is -4.48. The van der Waals surface area contributed by atoms with Gasteiger partial charge in [0, 0.05) is 24.7 Å². The third kappa shape index (κ3) is 7.08. The smallest absolute Gasteiger partial charge is 0.364 e. The lowest BCUT2D eigenvalue weighted by molar-refractivity contribution is -0.137. The van der Waals surface area contributed by atoms with Gasteiger partial charge in [-0.25, -0.2) is 17.8 Å². The number of benzene rings is 3. The van der Waals surface area contributed by atoms with Crippen LogP contribution in [0.5, 0.6) is 0 Å². The first-order valence-corrected chi connectivity index (χ1v) is 15.4. The van der Waals surface area contributed by atoms with Crippen molar-refractivity contribution in [1.82, 2.24) is 14.6 Å². The van der Waals surface area contributed by atoms with E-state index in [4.69, 9.17) is 0 Å². The maximum absolute atomic E-state index is 13.4. The molecular weight excluding hydrogens is 596 g/mol. The molecule has 1 aromatic heterocycles. The van der Waals surface area contributed by atoms with Gasteiger partial charge in [0.05, 0.1) is 16.2 Å². The molecule has 0 saturated carbocycles. The molecule has 0 bridgehead atoms. The molecule has 4 aromatic rings. The largest absolute Gasteiger partial charge is 0.416 e. The minimum Gasteiger partial charge on any atom is -0.364 e. The summed E-state index contributed by atoms with van der Waals surface area (Å²) < 4.78 is 80.4. The van der Waals surface area contributed by atoms with E-state index in [9.17, 15) is 30.8 Å². The number of amides is 1. The summed E-state index contributed by atoms with van der Waals surface area (Å²) in [5.74, 6) is -0.614. The van der Waals surface area contributed by atoms with E-state index in [-0.39, 0.29) is 24.0 Å².